The smallest absolute Gasteiger partial charge is 0.0471 e. The van der Waals surface area contributed by atoms with E-state index >= 15 is 0 Å². The topological polar surface area (TPSA) is 48.1 Å². The number of ether oxygens (including phenoxy) is 1. The van der Waals surface area contributed by atoms with E-state index in [2.05, 4.69) is 17.1 Å². The molecule has 0 aliphatic carbocycles. The fraction of sp³-hybridized carbons (Fsp3) is 0.583. The molecule has 0 atom stereocenters. The largest absolute Gasteiger partial charge is 0.381 e. The number of nitrogens with two attached hydrogens (primary N) is 1. The van der Waals surface area contributed by atoms with Gasteiger partial charge >= 0.3 is 0 Å². The highest BCUT2D eigenvalue weighted by Gasteiger charge is 2.31. The molecule has 1 saturated heterocycles. The minimum absolute atomic E-state index is 0. The standard InChI is InChI=1S/C12H18N2O.2ClH/c13-10-12(3-7-15-8-4-12)9-11-1-5-14-6-2-11;;/h1-2,5-6H,3-4,7-10,13H2;2*1H. The summed E-state index contributed by atoms with van der Waals surface area (Å²) in [5.74, 6) is 0. The lowest BCUT2D eigenvalue weighted by molar-refractivity contribution is 0.0191. The monoisotopic (exact) mass is 278 g/mol. The summed E-state index contributed by atoms with van der Waals surface area (Å²) in [5.41, 5.74) is 7.50. The van der Waals surface area contributed by atoms with Gasteiger partial charge in [-0.1, -0.05) is 0 Å². The maximum absolute atomic E-state index is 5.91. The van der Waals surface area contributed by atoms with E-state index in [1.165, 1.54) is 5.56 Å². The third-order valence-corrected chi connectivity index (χ3v) is 3.31. The molecule has 0 saturated carbocycles. The molecule has 1 aromatic rings. The lowest BCUT2D eigenvalue weighted by atomic mass is 9.75. The summed E-state index contributed by atoms with van der Waals surface area (Å²) in [7, 11) is 0. The van der Waals surface area contributed by atoms with E-state index in [1.54, 1.807) is 0 Å². The van der Waals surface area contributed by atoms with Gasteiger partial charge in [0.25, 0.3) is 0 Å². The first kappa shape index (κ1) is 16.6. The lowest BCUT2D eigenvalue weighted by Crippen LogP contribution is -2.38. The average molecular weight is 279 g/mol. The number of pyridine rings is 1. The highest BCUT2D eigenvalue weighted by Crippen LogP contribution is 2.32. The molecule has 1 aliphatic rings. The van der Waals surface area contributed by atoms with Crippen molar-refractivity contribution in [1.29, 1.82) is 0 Å². The number of aromatic nitrogens is 1. The Morgan fingerprint density at radius 1 is 1.18 bits per heavy atom. The number of halogens is 2. The van der Waals surface area contributed by atoms with Crippen LogP contribution in [0.2, 0.25) is 0 Å². The quantitative estimate of drug-likeness (QED) is 0.923. The molecule has 2 rings (SSSR count). The molecule has 0 aromatic carbocycles. The molecule has 0 amide bonds. The van der Waals surface area contributed by atoms with Gasteiger partial charge in [0.2, 0.25) is 0 Å². The fourth-order valence-electron chi connectivity index (χ4n) is 2.19. The maximum atomic E-state index is 5.91. The third-order valence-electron chi connectivity index (χ3n) is 3.31. The van der Waals surface area contributed by atoms with Crippen molar-refractivity contribution >= 4 is 24.8 Å². The zero-order valence-electron chi connectivity index (χ0n) is 9.80. The van der Waals surface area contributed by atoms with E-state index < -0.39 is 0 Å². The summed E-state index contributed by atoms with van der Waals surface area (Å²) in [6.45, 7) is 2.45. The maximum Gasteiger partial charge on any atom is 0.0471 e. The van der Waals surface area contributed by atoms with Gasteiger partial charge in [-0.2, -0.15) is 0 Å². The minimum Gasteiger partial charge on any atom is -0.381 e. The van der Waals surface area contributed by atoms with Crippen LogP contribution in [0.5, 0.6) is 0 Å². The number of rotatable bonds is 3. The summed E-state index contributed by atoms with van der Waals surface area (Å²) in [5, 5.41) is 0. The second-order valence-electron chi connectivity index (χ2n) is 4.35. The summed E-state index contributed by atoms with van der Waals surface area (Å²) < 4.78 is 5.40. The Hall–Kier alpha value is -0.350. The Morgan fingerprint density at radius 3 is 2.29 bits per heavy atom. The first-order chi connectivity index (χ1) is 7.35. The van der Waals surface area contributed by atoms with Gasteiger partial charge in [0.05, 0.1) is 0 Å². The highest BCUT2D eigenvalue weighted by atomic mass is 35.5. The number of nitrogens with zero attached hydrogens (tertiary/aromatic N) is 1. The van der Waals surface area contributed by atoms with Crippen LogP contribution in [-0.4, -0.2) is 24.7 Å². The summed E-state index contributed by atoms with van der Waals surface area (Å²) >= 11 is 0. The van der Waals surface area contributed by atoms with E-state index in [0.29, 0.717) is 0 Å². The normalized spacial score (nSPS) is 17.7. The Bertz CT molecular complexity index is 303. The van der Waals surface area contributed by atoms with Crippen LogP contribution in [0.1, 0.15) is 18.4 Å². The Morgan fingerprint density at radius 2 is 1.76 bits per heavy atom. The van der Waals surface area contributed by atoms with Gasteiger partial charge in [-0.15, -0.1) is 24.8 Å². The number of hydrogen-bond donors (Lipinski definition) is 1. The highest BCUT2D eigenvalue weighted by molar-refractivity contribution is 5.85. The third kappa shape index (κ3) is 4.43. The summed E-state index contributed by atoms with van der Waals surface area (Å²) in [6.07, 6.45) is 6.89. The summed E-state index contributed by atoms with van der Waals surface area (Å²) in [4.78, 5) is 4.03. The van der Waals surface area contributed by atoms with E-state index in [-0.39, 0.29) is 30.2 Å². The van der Waals surface area contributed by atoms with Crippen LogP contribution in [0.3, 0.4) is 0 Å². The Balaban J connectivity index is 0.00000128. The fourth-order valence-corrected chi connectivity index (χ4v) is 2.19. The van der Waals surface area contributed by atoms with Gasteiger partial charge in [0, 0.05) is 25.6 Å². The van der Waals surface area contributed by atoms with Crippen LogP contribution < -0.4 is 5.73 Å². The van der Waals surface area contributed by atoms with Gasteiger partial charge in [-0.25, -0.2) is 0 Å². The molecule has 5 heteroatoms. The Labute approximate surface area is 115 Å². The van der Waals surface area contributed by atoms with Crippen LogP contribution in [-0.2, 0) is 11.2 Å². The van der Waals surface area contributed by atoms with Gasteiger partial charge in [-0.3, -0.25) is 4.98 Å². The molecule has 0 unspecified atom stereocenters. The van der Waals surface area contributed by atoms with Crippen molar-refractivity contribution in [2.24, 2.45) is 11.1 Å². The number of hydrogen-bond acceptors (Lipinski definition) is 3. The van der Waals surface area contributed by atoms with Crippen molar-refractivity contribution in [2.75, 3.05) is 19.8 Å². The lowest BCUT2D eigenvalue weighted by Gasteiger charge is -2.36. The molecule has 17 heavy (non-hydrogen) atoms. The van der Waals surface area contributed by atoms with Gasteiger partial charge in [0.1, 0.15) is 0 Å². The van der Waals surface area contributed by atoms with Crippen molar-refractivity contribution in [2.45, 2.75) is 19.3 Å². The molecule has 0 spiro atoms. The Kier molecular flexibility index (Phi) is 7.71. The van der Waals surface area contributed by atoms with E-state index in [4.69, 9.17) is 10.5 Å². The second kappa shape index (κ2) is 7.88. The SMILES string of the molecule is Cl.Cl.NCC1(Cc2ccncc2)CCOCC1. The van der Waals surface area contributed by atoms with Crippen LogP contribution >= 0.6 is 24.8 Å². The molecule has 2 heterocycles. The molecule has 2 N–H and O–H groups in total. The molecule has 1 aromatic heterocycles. The molecule has 1 aliphatic heterocycles. The van der Waals surface area contributed by atoms with Gasteiger partial charge in [0.15, 0.2) is 0 Å². The molecule has 0 radical (unpaired) electrons. The molecular weight excluding hydrogens is 259 g/mol. The molecule has 3 nitrogen and oxygen atoms in total. The van der Waals surface area contributed by atoms with Gasteiger partial charge < -0.3 is 10.5 Å². The minimum atomic E-state index is 0. The zero-order chi connectivity index (χ0) is 10.6. The van der Waals surface area contributed by atoms with Crippen molar-refractivity contribution in [3.05, 3.63) is 30.1 Å². The second-order valence-corrected chi connectivity index (χ2v) is 4.35. The molecule has 0 bridgehead atoms. The molecule has 98 valence electrons. The van der Waals surface area contributed by atoms with Crippen molar-refractivity contribution in [3.8, 4) is 0 Å². The van der Waals surface area contributed by atoms with E-state index in [1.807, 2.05) is 12.4 Å². The van der Waals surface area contributed by atoms with Gasteiger partial charge in [-0.05, 0) is 48.9 Å². The predicted octanol–water partition coefficient (Wildman–Crippen LogP) is 2.22. The molecule has 1 fully saturated rings. The van der Waals surface area contributed by atoms with Crippen molar-refractivity contribution in [3.63, 3.8) is 0 Å². The van der Waals surface area contributed by atoms with Crippen LogP contribution in [0.15, 0.2) is 24.5 Å². The first-order valence-corrected chi connectivity index (χ1v) is 5.51. The zero-order valence-corrected chi connectivity index (χ0v) is 11.4. The average Bonchev–Trinajstić information content (AvgIpc) is 2.32. The van der Waals surface area contributed by atoms with Crippen molar-refractivity contribution in [1.82, 2.24) is 4.98 Å². The first-order valence-electron chi connectivity index (χ1n) is 5.51. The summed E-state index contributed by atoms with van der Waals surface area (Å²) in [6, 6.07) is 4.15. The van der Waals surface area contributed by atoms with Crippen LogP contribution in [0.4, 0.5) is 0 Å². The predicted molar refractivity (Wildman–Crippen MR) is 74.0 cm³/mol. The van der Waals surface area contributed by atoms with Crippen LogP contribution in [0.25, 0.3) is 0 Å². The van der Waals surface area contributed by atoms with E-state index in [9.17, 15) is 0 Å². The van der Waals surface area contributed by atoms with Crippen LogP contribution in [0, 0.1) is 5.41 Å². The molecular formula is C12H20Cl2N2O. The van der Waals surface area contributed by atoms with E-state index in [0.717, 1.165) is 39.0 Å². The van der Waals surface area contributed by atoms with Crippen molar-refractivity contribution < 1.29 is 4.74 Å².